The summed E-state index contributed by atoms with van der Waals surface area (Å²) >= 11 is 1.36. The van der Waals surface area contributed by atoms with Gasteiger partial charge in [0.15, 0.2) is 5.13 Å². The first-order valence-electron chi connectivity index (χ1n) is 13.4. The van der Waals surface area contributed by atoms with Gasteiger partial charge in [-0.25, -0.2) is 9.78 Å². The Hall–Kier alpha value is -3.02. The molecular formula is C27H38N6O4S. The van der Waals surface area contributed by atoms with E-state index in [1.165, 1.54) is 11.3 Å². The predicted octanol–water partition coefficient (Wildman–Crippen LogP) is 1.68. The normalized spacial score (nSPS) is 17.8. The van der Waals surface area contributed by atoms with Crippen molar-refractivity contribution in [3.63, 3.8) is 0 Å². The Morgan fingerprint density at radius 2 is 1.79 bits per heavy atom. The van der Waals surface area contributed by atoms with E-state index in [4.69, 9.17) is 4.98 Å². The van der Waals surface area contributed by atoms with Crippen molar-refractivity contribution in [1.82, 2.24) is 25.8 Å². The zero-order chi connectivity index (χ0) is 27.1. The molecule has 2 amide bonds. The van der Waals surface area contributed by atoms with Crippen LogP contribution in [-0.2, 0) is 16.0 Å². The standard InChI is InChI=1S/C27H38N6O4S/c1-18(2)23-24(38-27(31-23)33-12-8-20(9-13-33)32-14-10-28-11-15-32)25(35)29-17-21(26(36)37)30-22(34)16-19-6-4-3-5-7-19/h3-7,18,20-21,28H,8-17H2,1-2H3,(H,29,35)(H,30,34)(H,36,37)/t21-/m0/s1. The van der Waals surface area contributed by atoms with Gasteiger partial charge < -0.3 is 26.0 Å². The van der Waals surface area contributed by atoms with E-state index in [-0.39, 0.29) is 24.8 Å². The van der Waals surface area contributed by atoms with Crippen LogP contribution in [0.4, 0.5) is 5.13 Å². The van der Waals surface area contributed by atoms with Crippen molar-refractivity contribution in [3.8, 4) is 0 Å². The summed E-state index contributed by atoms with van der Waals surface area (Å²) in [5.41, 5.74) is 1.50. The van der Waals surface area contributed by atoms with Crippen LogP contribution in [0.25, 0.3) is 0 Å². The summed E-state index contributed by atoms with van der Waals surface area (Å²) in [6.07, 6.45) is 2.21. The number of anilines is 1. The van der Waals surface area contributed by atoms with Crippen molar-refractivity contribution in [2.75, 3.05) is 50.7 Å². The molecule has 0 aliphatic carbocycles. The first kappa shape index (κ1) is 28.0. The van der Waals surface area contributed by atoms with Crippen LogP contribution < -0.4 is 20.9 Å². The summed E-state index contributed by atoms with van der Waals surface area (Å²) in [5.74, 6) is -1.94. The number of piperazine rings is 1. The first-order chi connectivity index (χ1) is 18.3. The maximum Gasteiger partial charge on any atom is 0.328 e. The van der Waals surface area contributed by atoms with E-state index < -0.39 is 17.9 Å². The van der Waals surface area contributed by atoms with E-state index in [1.807, 2.05) is 32.0 Å². The Morgan fingerprint density at radius 1 is 1.11 bits per heavy atom. The number of benzene rings is 1. The Morgan fingerprint density at radius 3 is 2.42 bits per heavy atom. The van der Waals surface area contributed by atoms with Gasteiger partial charge in [-0.15, -0.1) is 0 Å². The molecule has 0 radical (unpaired) electrons. The van der Waals surface area contributed by atoms with E-state index in [9.17, 15) is 19.5 Å². The van der Waals surface area contributed by atoms with Crippen LogP contribution in [0.1, 0.15) is 53.5 Å². The molecule has 10 nitrogen and oxygen atoms in total. The predicted molar refractivity (Wildman–Crippen MR) is 148 cm³/mol. The van der Waals surface area contributed by atoms with E-state index in [0.717, 1.165) is 62.8 Å². The minimum absolute atomic E-state index is 0.0417. The highest BCUT2D eigenvalue weighted by Gasteiger charge is 2.29. The number of amides is 2. The van der Waals surface area contributed by atoms with Gasteiger partial charge in [-0.05, 0) is 24.3 Å². The minimum Gasteiger partial charge on any atom is -0.480 e. The second-order valence-electron chi connectivity index (χ2n) is 10.2. The third-order valence-corrected chi connectivity index (χ3v) is 8.24. The molecule has 2 aromatic rings. The number of carboxylic acid groups (broad SMARTS) is 1. The summed E-state index contributed by atoms with van der Waals surface area (Å²) in [4.78, 5) is 47.5. The monoisotopic (exact) mass is 542 g/mol. The fraction of sp³-hybridized carbons (Fsp3) is 0.556. The number of carbonyl (C=O) groups excluding carboxylic acids is 2. The number of hydrogen-bond donors (Lipinski definition) is 4. The summed E-state index contributed by atoms with van der Waals surface area (Å²) in [5, 5.41) is 19.1. The molecule has 1 aromatic heterocycles. The summed E-state index contributed by atoms with van der Waals surface area (Å²) in [7, 11) is 0. The quantitative estimate of drug-likeness (QED) is 0.357. The van der Waals surface area contributed by atoms with Gasteiger partial charge in [0.25, 0.3) is 5.91 Å². The van der Waals surface area contributed by atoms with Crippen molar-refractivity contribution in [2.45, 2.75) is 51.1 Å². The average molecular weight is 543 g/mol. The summed E-state index contributed by atoms with van der Waals surface area (Å²) < 4.78 is 0. The second-order valence-corrected chi connectivity index (χ2v) is 11.2. The van der Waals surface area contributed by atoms with E-state index >= 15 is 0 Å². The van der Waals surface area contributed by atoms with Gasteiger partial charge >= 0.3 is 5.97 Å². The summed E-state index contributed by atoms with van der Waals surface area (Å²) in [6.45, 7) is 9.85. The molecule has 2 saturated heterocycles. The fourth-order valence-corrected chi connectivity index (χ4v) is 6.17. The van der Waals surface area contributed by atoms with Crippen molar-refractivity contribution in [2.24, 2.45) is 0 Å². The average Bonchev–Trinajstić information content (AvgIpc) is 3.38. The lowest BCUT2D eigenvalue weighted by Crippen LogP contribution is -2.52. The Kier molecular flexibility index (Phi) is 9.70. The molecule has 4 N–H and O–H groups in total. The molecular weight excluding hydrogens is 504 g/mol. The topological polar surface area (TPSA) is 127 Å². The van der Waals surface area contributed by atoms with Crippen molar-refractivity contribution in [3.05, 3.63) is 46.5 Å². The zero-order valence-corrected chi connectivity index (χ0v) is 22.9. The maximum absolute atomic E-state index is 13.2. The molecule has 11 heteroatoms. The van der Waals surface area contributed by atoms with Crippen LogP contribution in [0.2, 0.25) is 0 Å². The second kappa shape index (κ2) is 13.2. The molecule has 2 aliphatic heterocycles. The summed E-state index contributed by atoms with van der Waals surface area (Å²) in [6, 6.07) is 8.46. The smallest absolute Gasteiger partial charge is 0.328 e. The van der Waals surface area contributed by atoms with E-state index in [1.54, 1.807) is 12.1 Å². The van der Waals surface area contributed by atoms with Gasteiger partial charge in [-0.2, -0.15) is 0 Å². The number of hydrogen-bond acceptors (Lipinski definition) is 8. The van der Waals surface area contributed by atoms with Crippen molar-refractivity contribution in [1.29, 1.82) is 0 Å². The highest BCUT2D eigenvalue weighted by molar-refractivity contribution is 7.17. The third kappa shape index (κ3) is 7.30. The number of nitrogens with one attached hydrogen (secondary N) is 3. The number of carboxylic acids is 1. The molecule has 2 aliphatic rings. The molecule has 4 rings (SSSR count). The van der Waals surface area contributed by atoms with Crippen LogP contribution >= 0.6 is 11.3 Å². The largest absolute Gasteiger partial charge is 0.480 e. The maximum atomic E-state index is 13.2. The molecule has 38 heavy (non-hydrogen) atoms. The van der Waals surface area contributed by atoms with E-state index in [0.29, 0.717) is 16.6 Å². The minimum atomic E-state index is -1.23. The fourth-order valence-electron chi connectivity index (χ4n) is 4.98. The third-order valence-electron chi connectivity index (χ3n) is 7.11. The molecule has 206 valence electrons. The lowest BCUT2D eigenvalue weighted by atomic mass is 10.0. The number of carbonyl (C=O) groups is 3. The molecule has 3 heterocycles. The highest BCUT2D eigenvalue weighted by Crippen LogP contribution is 2.33. The van der Waals surface area contributed by atoms with Crippen LogP contribution in [0.3, 0.4) is 0 Å². The SMILES string of the molecule is CC(C)c1nc(N2CCC(N3CCNCC3)CC2)sc1C(=O)NC[C@H](NC(=O)Cc1ccccc1)C(=O)O. The first-order valence-corrected chi connectivity index (χ1v) is 14.2. The molecule has 0 spiro atoms. The van der Waals surface area contributed by atoms with Gasteiger partial charge in [0.05, 0.1) is 12.1 Å². The Bertz CT molecular complexity index is 1090. The Labute approximate surface area is 227 Å². The lowest BCUT2D eigenvalue weighted by Gasteiger charge is -2.40. The molecule has 1 atom stereocenters. The molecule has 0 saturated carbocycles. The van der Waals surface area contributed by atoms with Crippen LogP contribution in [0.5, 0.6) is 0 Å². The molecule has 0 bridgehead atoms. The number of piperidine rings is 1. The van der Waals surface area contributed by atoms with Gasteiger partial charge in [0.2, 0.25) is 5.91 Å². The lowest BCUT2D eigenvalue weighted by molar-refractivity contribution is -0.141. The van der Waals surface area contributed by atoms with Crippen LogP contribution in [0.15, 0.2) is 30.3 Å². The van der Waals surface area contributed by atoms with Gasteiger partial charge in [-0.3, -0.25) is 14.5 Å². The van der Waals surface area contributed by atoms with Crippen LogP contribution in [0, 0.1) is 0 Å². The number of aliphatic carboxylic acids is 1. The number of rotatable bonds is 10. The van der Waals surface area contributed by atoms with Crippen molar-refractivity contribution < 1.29 is 19.5 Å². The number of aromatic nitrogens is 1. The van der Waals surface area contributed by atoms with Crippen LogP contribution in [-0.4, -0.2) is 90.7 Å². The van der Waals surface area contributed by atoms with Gasteiger partial charge in [0, 0.05) is 51.9 Å². The molecule has 2 fully saturated rings. The van der Waals surface area contributed by atoms with Gasteiger partial charge in [0.1, 0.15) is 10.9 Å². The number of nitrogens with zero attached hydrogens (tertiary/aromatic N) is 3. The highest BCUT2D eigenvalue weighted by atomic mass is 32.1. The van der Waals surface area contributed by atoms with Gasteiger partial charge in [-0.1, -0.05) is 55.5 Å². The van der Waals surface area contributed by atoms with E-state index in [2.05, 4.69) is 25.8 Å². The number of thiazole rings is 1. The molecule has 0 unspecified atom stereocenters. The van der Waals surface area contributed by atoms with Crippen molar-refractivity contribution >= 4 is 34.3 Å². The Balaban J connectivity index is 1.35. The zero-order valence-electron chi connectivity index (χ0n) is 22.1. The molecule has 1 aromatic carbocycles.